The number of benzene rings is 6. The van der Waals surface area contributed by atoms with Crippen LogP contribution in [0, 0.1) is 5.92 Å². The number of fused-ring (bicyclic) bond motifs is 6. The molecule has 0 radical (unpaired) electrons. The van der Waals surface area contributed by atoms with Crippen LogP contribution in [0.4, 0.5) is 17.1 Å². The number of nitrogens with zero attached hydrogens (tertiary/aromatic N) is 2. The molecule has 0 saturated carbocycles. The molecule has 0 aliphatic heterocycles. The van der Waals surface area contributed by atoms with E-state index in [9.17, 15) is 0 Å². The minimum absolute atomic E-state index is 0.0566. The zero-order valence-corrected chi connectivity index (χ0v) is 30.3. The Labute approximate surface area is 312 Å². The maximum Gasteiger partial charge on any atom is 0.0541 e. The van der Waals surface area contributed by atoms with Crippen molar-refractivity contribution in [3.63, 3.8) is 0 Å². The molecule has 2 unspecified atom stereocenters. The molecule has 10 rings (SSSR count). The standard InChI is InChI=1S/C51H42N2/c1-51(2)47-19-11-9-17-43(47)44-31-30-42(34-48(44)51)52(39-15-7-4-8-16-39)40-26-23-37(24-27-40)38-25-32-50-46(33-38)45-18-10-12-20-49(45)53(50)41-28-21-36(22-29-41)35-13-5-3-6-14-35/h3-9,11,13-34,43,47H,10,12H2,1-2H3. The van der Waals surface area contributed by atoms with Gasteiger partial charge in [-0.1, -0.05) is 135 Å². The van der Waals surface area contributed by atoms with Crippen LogP contribution in [-0.4, -0.2) is 4.57 Å². The fraction of sp³-hybridized carbons (Fsp3) is 0.137. The molecule has 2 heteroatoms. The zero-order chi connectivity index (χ0) is 35.5. The fourth-order valence-corrected chi connectivity index (χ4v) is 9.22. The Balaban J connectivity index is 1.02. The summed E-state index contributed by atoms with van der Waals surface area (Å²) in [5.74, 6) is 0.928. The first kappa shape index (κ1) is 31.6. The van der Waals surface area contributed by atoms with E-state index in [1.807, 2.05) is 0 Å². The maximum absolute atomic E-state index is 2.45. The molecule has 0 spiro atoms. The third kappa shape index (κ3) is 5.24. The van der Waals surface area contributed by atoms with Crippen LogP contribution < -0.4 is 15.5 Å². The molecule has 7 aromatic rings. The minimum atomic E-state index is 0.0566. The number of hydrogen-bond donors (Lipinski definition) is 0. The first-order chi connectivity index (χ1) is 26.0. The van der Waals surface area contributed by atoms with E-state index in [1.54, 1.807) is 0 Å². The number of para-hydroxylation sites is 1. The highest BCUT2D eigenvalue weighted by Crippen LogP contribution is 2.54. The van der Waals surface area contributed by atoms with Gasteiger partial charge in [-0.25, -0.2) is 0 Å². The maximum atomic E-state index is 2.45. The summed E-state index contributed by atoms with van der Waals surface area (Å²) in [6, 6.07) is 53.7. The Morgan fingerprint density at radius 3 is 1.98 bits per heavy atom. The quantitative estimate of drug-likeness (QED) is 0.169. The summed E-state index contributed by atoms with van der Waals surface area (Å²) >= 11 is 0. The van der Waals surface area contributed by atoms with Gasteiger partial charge in [0.2, 0.25) is 0 Å². The van der Waals surface area contributed by atoms with Gasteiger partial charge in [-0.2, -0.15) is 0 Å². The monoisotopic (exact) mass is 682 g/mol. The van der Waals surface area contributed by atoms with E-state index in [-0.39, 0.29) is 5.41 Å². The summed E-state index contributed by atoms with van der Waals surface area (Å²) in [5, 5.41) is 3.95. The Morgan fingerprint density at radius 2 is 1.19 bits per heavy atom. The van der Waals surface area contributed by atoms with Crippen molar-refractivity contribution in [3.05, 3.63) is 192 Å². The number of hydrogen-bond acceptors (Lipinski definition) is 1. The van der Waals surface area contributed by atoms with E-state index in [4.69, 9.17) is 0 Å². The van der Waals surface area contributed by atoms with Crippen molar-refractivity contribution in [1.82, 2.24) is 4.57 Å². The molecule has 2 nitrogen and oxygen atoms in total. The van der Waals surface area contributed by atoms with Gasteiger partial charge >= 0.3 is 0 Å². The Hall–Kier alpha value is -6.12. The van der Waals surface area contributed by atoms with Gasteiger partial charge in [0.25, 0.3) is 0 Å². The molecule has 256 valence electrons. The fourth-order valence-electron chi connectivity index (χ4n) is 9.22. The lowest BCUT2D eigenvalue weighted by Crippen LogP contribution is -2.30. The molecule has 0 N–H and O–H groups in total. The molecule has 1 aromatic heterocycles. The highest BCUT2D eigenvalue weighted by atomic mass is 15.1. The molecule has 3 aliphatic carbocycles. The summed E-state index contributed by atoms with van der Waals surface area (Å²) in [4.78, 5) is 2.40. The predicted molar refractivity (Wildman–Crippen MR) is 224 cm³/mol. The van der Waals surface area contributed by atoms with Crippen LogP contribution in [0.1, 0.15) is 43.7 Å². The second-order valence-electron chi connectivity index (χ2n) is 15.3. The Bertz CT molecular complexity index is 2680. The molecule has 3 aliphatic rings. The van der Waals surface area contributed by atoms with Crippen molar-refractivity contribution in [3.8, 4) is 27.9 Å². The third-order valence-corrected chi connectivity index (χ3v) is 11.9. The summed E-state index contributed by atoms with van der Waals surface area (Å²) in [6.45, 7) is 4.82. The molecular weight excluding hydrogens is 641 g/mol. The van der Waals surface area contributed by atoms with Gasteiger partial charge in [0.05, 0.1) is 5.52 Å². The van der Waals surface area contributed by atoms with Crippen LogP contribution in [-0.2, 0) is 5.41 Å². The first-order valence-corrected chi connectivity index (χ1v) is 19.0. The molecule has 2 atom stereocenters. The van der Waals surface area contributed by atoms with E-state index >= 15 is 0 Å². The Kier molecular flexibility index (Phi) is 7.47. The Morgan fingerprint density at radius 1 is 0.566 bits per heavy atom. The van der Waals surface area contributed by atoms with E-state index in [0.717, 1.165) is 24.2 Å². The number of rotatable bonds is 6. The minimum Gasteiger partial charge on any atom is -0.310 e. The summed E-state index contributed by atoms with van der Waals surface area (Å²) in [6.07, 6.45) is 16.2. The molecule has 0 saturated heterocycles. The average Bonchev–Trinajstić information content (AvgIpc) is 3.67. The van der Waals surface area contributed by atoms with Crippen molar-refractivity contribution in [2.24, 2.45) is 5.92 Å². The molecule has 0 bridgehead atoms. The van der Waals surface area contributed by atoms with Crippen LogP contribution >= 0.6 is 0 Å². The van der Waals surface area contributed by atoms with Crippen LogP contribution in [0.3, 0.4) is 0 Å². The van der Waals surface area contributed by atoms with Gasteiger partial charge in [-0.15, -0.1) is 0 Å². The highest BCUT2D eigenvalue weighted by Gasteiger charge is 2.44. The van der Waals surface area contributed by atoms with Crippen LogP contribution in [0.25, 0.3) is 51.0 Å². The second-order valence-corrected chi connectivity index (χ2v) is 15.3. The second kappa shape index (κ2) is 12.5. The number of aromatic nitrogens is 1. The molecule has 1 heterocycles. The van der Waals surface area contributed by atoms with Gasteiger partial charge in [0, 0.05) is 44.6 Å². The number of anilines is 3. The van der Waals surface area contributed by atoms with Gasteiger partial charge in [0.1, 0.15) is 0 Å². The molecule has 0 amide bonds. The first-order valence-electron chi connectivity index (χ1n) is 19.0. The smallest absolute Gasteiger partial charge is 0.0541 e. The van der Waals surface area contributed by atoms with Crippen molar-refractivity contribution in [2.75, 3.05) is 4.90 Å². The highest BCUT2D eigenvalue weighted by molar-refractivity contribution is 5.89. The molecule has 53 heavy (non-hydrogen) atoms. The van der Waals surface area contributed by atoms with Gasteiger partial charge in [-0.05, 0) is 118 Å². The molecule has 0 fully saturated rings. The summed E-state index contributed by atoms with van der Waals surface area (Å²) in [7, 11) is 0. The third-order valence-electron chi connectivity index (χ3n) is 11.9. The van der Waals surface area contributed by atoms with Crippen molar-refractivity contribution < 1.29 is 0 Å². The van der Waals surface area contributed by atoms with Crippen molar-refractivity contribution >= 4 is 40.1 Å². The van der Waals surface area contributed by atoms with Crippen LogP contribution in [0.15, 0.2) is 170 Å². The molecule has 6 aromatic carbocycles. The van der Waals surface area contributed by atoms with E-state index in [1.165, 1.54) is 66.2 Å². The normalized spacial score (nSPS) is 17.8. The lowest BCUT2D eigenvalue weighted by atomic mass is 9.74. The topological polar surface area (TPSA) is 8.17 Å². The van der Waals surface area contributed by atoms with E-state index in [2.05, 4.69) is 205 Å². The van der Waals surface area contributed by atoms with E-state index in [0.29, 0.717) is 11.8 Å². The lowest BCUT2D eigenvalue weighted by Gasteiger charge is -2.30. The SMILES string of the molecule is CC1(C)c2cc(N(c3ccccc3)c3ccc(-c4ccc5c(c4)c4c(n5-c5ccc(-c6ccccc6)cc5)=CCCC=4)cc3)ccc2C2C=CC=CC21. The summed E-state index contributed by atoms with van der Waals surface area (Å²) < 4.78 is 2.44. The average molecular weight is 683 g/mol. The van der Waals surface area contributed by atoms with Crippen molar-refractivity contribution in [2.45, 2.75) is 38.0 Å². The summed E-state index contributed by atoms with van der Waals surface area (Å²) in [5.41, 5.74) is 13.8. The van der Waals surface area contributed by atoms with Gasteiger partial charge < -0.3 is 9.47 Å². The predicted octanol–water partition coefficient (Wildman–Crippen LogP) is 11.9. The lowest BCUT2D eigenvalue weighted by molar-refractivity contribution is 0.394. The number of allylic oxidation sites excluding steroid dienone is 4. The van der Waals surface area contributed by atoms with E-state index < -0.39 is 0 Å². The van der Waals surface area contributed by atoms with Gasteiger partial charge in [0.15, 0.2) is 0 Å². The van der Waals surface area contributed by atoms with Crippen LogP contribution in [0.2, 0.25) is 0 Å². The molecular formula is C51H42N2. The largest absolute Gasteiger partial charge is 0.310 e. The van der Waals surface area contributed by atoms with Crippen LogP contribution in [0.5, 0.6) is 0 Å². The van der Waals surface area contributed by atoms with Crippen molar-refractivity contribution in [1.29, 1.82) is 0 Å². The zero-order valence-electron chi connectivity index (χ0n) is 30.3. The van der Waals surface area contributed by atoms with Gasteiger partial charge in [-0.3, -0.25) is 0 Å².